The molecule has 17 heavy (non-hydrogen) atoms. The van der Waals surface area contributed by atoms with Crippen LogP contribution >= 0.6 is 0 Å². The normalized spacial score (nSPS) is 15.4. The summed E-state index contributed by atoms with van der Waals surface area (Å²) in [5, 5.41) is 0. The van der Waals surface area contributed by atoms with Crippen LogP contribution in [0.1, 0.15) is 53.9 Å². The summed E-state index contributed by atoms with van der Waals surface area (Å²) in [4.78, 5) is 11.3. The molecule has 0 fully saturated rings. The van der Waals surface area contributed by atoms with Crippen LogP contribution in [0, 0.1) is 5.92 Å². The Morgan fingerprint density at radius 3 is 2.18 bits per heavy atom. The molecule has 96 valence electrons. The first-order valence-corrected chi connectivity index (χ1v) is 6.45. The highest BCUT2D eigenvalue weighted by molar-refractivity contribution is 5.93. The van der Waals surface area contributed by atoms with Gasteiger partial charge in [0.1, 0.15) is 0 Å². The quantitative estimate of drug-likeness (QED) is 0.349. The average Bonchev–Trinajstić information content (AvgIpc) is 2.31. The van der Waals surface area contributed by atoms with Gasteiger partial charge >= 0.3 is 0 Å². The lowest BCUT2D eigenvalue weighted by Gasteiger charge is -2.12. The van der Waals surface area contributed by atoms with Gasteiger partial charge in [-0.1, -0.05) is 36.8 Å². The summed E-state index contributed by atoms with van der Waals surface area (Å²) in [5.74, 6) is 0.642. The molecule has 0 spiro atoms. The molecule has 0 aliphatic rings. The third-order valence-corrected chi connectivity index (χ3v) is 3.25. The minimum atomic E-state index is 0.186. The maximum atomic E-state index is 11.3. The van der Waals surface area contributed by atoms with Crippen molar-refractivity contribution in [3.8, 4) is 0 Å². The SMILES string of the molecule is CC=CCCC=CCC(C)C(C)=C(C)C(C)=O. The molecule has 0 N–H and O–H groups in total. The lowest BCUT2D eigenvalue weighted by molar-refractivity contribution is -0.113. The van der Waals surface area contributed by atoms with Crippen molar-refractivity contribution in [3.63, 3.8) is 0 Å². The van der Waals surface area contributed by atoms with Gasteiger partial charge in [-0.15, -0.1) is 0 Å². The summed E-state index contributed by atoms with van der Waals surface area (Å²) >= 11 is 0. The highest BCUT2D eigenvalue weighted by atomic mass is 16.1. The summed E-state index contributed by atoms with van der Waals surface area (Å²) in [7, 11) is 0. The standard InChI is InChI=1S/C16H26O/c1-6-7-8-9-10-11-12-13(2)14(3)15(4)16(5)17/h6-7,10-11,13H,8-9,12H2,1-5H3. The van der Waals surface area contributed by atoms with E-state index in [4.69, 9.17) is 0 Å². The summed E-state index contributed by atoms with van der Waals surface area (Å²) in [6.07, 6.45) is 12.0. The van der Waals surface area contributed by atoms with Crippen molar-refractivity contribution in [3.05, 3.63) is 35.5 Å². The predicted octanol–water partition coefficient (Wildman–Crippen LogP) is 4.85. The number of unbranched alkanes of at least 4 members (excludes halogenated alkanes) is 1. The molecule has 0 aromatic heterocycles. The van der Waals surface area contributed by atoms with Gasteiger partial charge in [-0.2, -0.15) is 0 Å². The van der Waals surface area contributed by atoms with Crippen molar-refractivity contribution < 1.29 is 4.79 Å². The van der Waals surface area contributed by atoms with Gasteiger partial charge in [0.25, 0.3) is 0 Å². The van der Waals surface area contributed by atoms with Gasteiger partial charge in [-0.3, -0.25) is 4.79 Å². The van der Waals surface area contributed by atoms with E-state index in [2.05, 4.69) is 38.2 Å². The van der Waals surface area contributed by atoms with Crippen LogP contribution < -0.4 is 0 Å². The zero-order chi connectivity index (χ0) is 13.3. The number of Topliss-reactive ketones (excluding diaryl/α,β-unsaturated/α-hetero) is 1. The van der Waals surface area contributed by atoms with Crippen molar-refractivity contribution in [2.45, 2.75) is 53.9 Å². The summed E-state index contributed by atoms with van der Waals surface area (Å²) in [5.41, 5.74) is 2.13. The van der Waals surface area contributed by atoms with E-state index in [1.807, 2.05) is 13.8 Å². The molecule has 1 atom stereocenters. The first-order chi connectivity index (χ1) is 8.00. The number of allylic oxidation sites excluding steroid dienone is 6. The Balaban J connectivity index is 4.14. The van der Waals surface area contributed by atoms with Crippen LogP contribution in [0.5, 0.6) is 0 Å². The Morgan fingerprint density at radius 1 is 1.06 bits per heavy atom. The fraction of sp³-hybridized carbons (Fsp3) is 0.562. The van der Waals surface area contributed by atoms with Gasteiger partial charge in [0, 0.05) is 0 Å². The Hall–Kier alpha value is -1.11. The zero-order valence-electron chi connectivity index (χ0n) is 11.9. The van der Waals surface area contributed by atoms with Gasteiger partial charge in [0.15, 0.2) is 5.78 Å². The van der Waals surface area contributed by atoms with Crippen LogP contribution in [-0.2, 0) is 4.79 Å². The second-order valence-electron chi connectivity index (χ2n) is 4.62. The van der Waals surface area contributed by atoms with Crippen molar-refractivity contribution in [2.75, 3.05) is 0 Å². The minimum absolute atomic E-state index is 0.186. The molecule has 0 heterocycles. The summed E-state index contributed by atoms with van der Waals surface area (Å²) < 4.78 is 0. The second kappa shape index (κ2) is 8.98. The molecule has 0 rings (SSSR count). The third kappa shape index (κ3) is 6.93. The predicted molar refractivity (Wildman–Crippen MR) is 76.0 cm³/mol. The van der Waals surface area contributed by atoms with Crippen LogP contribution in [0.4, 0.5) is 0 Å². The van der Waals surface area contributed by atoms with E-state index in [0.717, 1.165) is 24.8 Å². The van der Waals surface area contributed by atoms with Gasteiger partial charge < -0.3 is 0 Å². The van der Waals surface area contributed by atoms with E-state index in [1.165, 1.54) is 5.57 Å². The number of hydrogen-bond acceptors (Lipinski definition) is 1. The molecule has 0 bridgehead atoms. The zero-order valence-corrected chi connectivity index (χ0v) is 11.9. The molecule has 0 aliphatic heterocycles. The number of rotatable bonds is 7. The molecule has 0 amide bonds. The third-order valence-electron chi connectivity index (χ3n) is 3.25. The minimum Gasteiger partial charge on any atom is -0.295 e. The van der Waals surface area contributed by atoms with Gasteiger partial charge in [0.2, 0.25) is 0 Å². The van der Waals surface area contributed by atoms with Crippen LogP contribution in [0.15, 0.2) is 35.5 Å². The Kier molecular flexibility index (Phi) is 8.39. The average molecular weight is 234 g/mol. The first-order valence-electron chi connectivity index (χ1n) is 6.45. The van der Waals surface area contributed by atoms with Gasteiger partial charge in [-0.05, 0) is 58.4 Å². The fourth-order valence-corrected chi connectivity index (χ4v) is 1.60. The number of hydrogen-bond donors (Lipinski definition) is 0. The van der Waals surface area contributed by atoms with Crippen molar-refractivity contribution in [1.29, 1.82) is 0 Å². The highest BCUT2D eigenvalue weighted by Gasteiger charge is 2.08. The molecule has 0 aliphatic carbocycles. The van der Waals surface area contributed by atoms with Crippen LogP contribution in [0.25, 0.3) is 0 Å². The molecule has 0 aromatic carbocycles. The maximum absolute atomic E-state index is 11.3. The lowest BCUT2D eigenvalue weighted by Crippen LogP contribution is -2.03. The topological polar surface area (TPSA) is 17.1 Å². The molecular weight excluding hydrogens is 208 g/mol. The van der Waals surface area contributed by atoms with E-state index in [0.29, 0.717) is 5.92 Å². The number of ketones is 1. The molecule has 1 unspecified atom stereocenters. The molecule has 1 nitrogen and oxygen atoms in total. The van der Waals surface area contributed by atoms with Crippen molar-refractivity contribution in [2.24, 2.45) is 5.92 Å². The van der Waals surface area contributed by atoms with E-state index in [9.17, 15) is 4.79 Å². The fourth-order valence-electron chi connectivity index (χ4n) is 1.60. The first kappa shape index (κ1) is 15.9. The smallest absolute Gasteiger partial charge is 0.155 e. The molecule has 0 saturated carbocycles. The number of carbonyl (C=O) groups is 1. The van der Waals surface area contributed by atoms with E-state index >= 15 is 0 Å². The molecule has 1 heteroatoms. The lowest BCUT2D eigenvalue weighted by atomic mass is 9.93. The van der Waals surface area contributed by atoms with Gasteiger partial charge in [0.05, 0.1) is 0 Å². The molecule has 0 aromatic rings. The Labute approximate surface area is 106 Å². The Bertz CT molecular complexity index is 318. The van der Waals surface area contributed by atoms with Gasteiger partial charge in [-0.25, -0.2) is 0 Å². The van der Waals surface area contributed by atoms with Crippen molar-refractivity contribution in [1.82, 2.24) is 0 Å². The highest BCUT2D eigenvalue weighted by Crippen LogP contribution is 2.19. The van der Waals surface area contributed by atoms with Crippen LogP contribution in [0.2, 0.25) is 0 Å². The molecule has 0 radical (unpaired) electrons. The largest absolute Gasteiger partial charge is 0.295 e. The number of carbonyl (C=O) groups excluding carboxylic acids is 1. The van der Waals surface area contributed by atoms with Crippen LogP contribution in [-0.4, -0.2) is 5.78 Å². The van der Waals surface area contributed by atoms with E-state index in [-0.39, 0.29) is 5.78 Å². The summed E-state index contributed by atoms with van der Waals surface area (Å²) in [6, 6.07) is 0. The van der Waals surface area contributed by atoms with E-state index in [1.54, 1.807) is 6.92 Å². The second-order valence-corrected chi connectivity index (χ2v) is 4.62. The molecular formula is C16H26O. The monoisotopic (exact) mass is 234 g/mol. The summed E-state index contributed by atoms with van der Waals surface area (Å²) in [6.45, 7) is 9.85. The maximum Gasteiger partial charge on any atom is 0.155 e. The Morgan fingerprint density at radius 2 is 1.65 bits per heavy atom. The molecule has 0 saturated heterocycles. The van der Waals surface area contributed by atoms with E-state index < -0.39 is 0 Å². The van der Waals surface area contributed by atoms with Crippen molar-refractivity contribution >= 4 is 5.78 Å². The van der Waals surface area contributed by atoms with Crippen LogP contribution in [0.3, 0.4) is 0 Å².